The summed E-state index contributed by atoms with van der Waals surface area (Å²) in [4.78, 5) is 33.1. The second kappa shape index (κ2) is 9.59. The lowest BCUT2D eigenvalue weighted by molar-refractivity contribution is 0.0696. The predicted octanol–water partition coefficient (Wildman–Crippen LogP) is 4.82. The molecule has 0 atom stereocenters. The van der Waals surface area contributed by atoms with E-state index in [9.17, 15) is 14.7 Å². The number of carboxylic acid groups (broad SMARTS) is 1. The molecule has 0 bridgehead atoms. The molecular formula is C26H26ClN5O4S. The predicted molar refractivity (Wildman–Crippen MR) is 140 cm³/mol. The first-order chi connectivity index (χ1) is 17.9. The van der Waals surface area contributed by atoms with Crippen molar-refractivity contribution in [1.82, 2.24) is 24.9 Å². The Kier molecular flexibility index (Phi) is 6.26. The number of rotatable bonds is 7. The highest BCUT2D eigenvalue weighted by Crippen LogP contribution is 2.32. The normalized spacial score (nSPS) is 16.9. The molecule has 0 unspecified atom stereocenters. The number of aromatic nitrogens is 3. The molecule has 1 amide bonds. The zero-order valence-electron chi connectivity index (χ0n) is 20.2. The maximum atomic E-state index is 13.5. The molecule has 1 aliphatic heterocycles. The SMILES string of the molecule is Cc1cc(C(=O)O)cc2nc(C(=O)NC3CCN(C4CC4)CC3)n(Cc3cc(-c4ccc(Cl)s4)on3)c12. The number of carbonyl (C=O) groups is 2. The number of carboxylic acids is 1. The van der Waals surface area contributed by atoms with Gasteiger partial charge in [-0.05, 0) is 62.4 Å². The number of amides is 1. The molecule has 4 aromatic rings. The van der Waals surface area contributed by atoms with Crippen molar-refractivity contribution in [2.45, 2.75) is 51.2 Å². The molecule has 1 saturated heterocycles. The Morgan fingerprint density at radius 2 is 1.97 bits per heavy atom. The number of hydrogen-bond acceptors (Lipinski definition) is 7. The van der Waals surface area contributed by atoms with Crippen molar-refractivity contribution in [3.05, 3.63) is 57.3 Å². The highest BCUT2D eigenvalue weighted by atomic mass is 35.5. The van der Waals surface area contributed by atoms with Crippen molar-refractivity contribution in [3.63, 3.8) is 0 Å². The summed E-state index contributed by atoms with van der Waals surface area (Å²) in [5, 5.41) is 16.9. The number of imidazole rings is 1. The Hall–Kier alpha value is -3.21. The van der Waals surface area contributed by atoms with Gasteiger partial charge in [-0.2, -0.15) is 0 Å². The van der Waals surface area contributed by atoms with Crippen LogP contribution in [0.25, 0.3) is 21.7 Å². The van der Waals surface area contributed by atoms with Crippen LogP contribution < -0.4 is 5.32 Å². The van der Waals surface area contributed by atoms with E-state index in [1.165, 1.54) is 30.2 Å². The van der Waals surface area contributed by atoms with Crippen LogP contribution in [-0.4, -0.2) is 61.8 Å². The lowest BCUT2D eigenvalue weighted by atomic mass is 10.0. The lowest BCUT2D eigenvalue weighted by Gasteiger charge is -2.32. The molecule has 2 N–H and O–H groups in total. The fourth-order valence-electron chi connectivity index (χ4n) is 5.14. The molecule has 0 spiro atoms. The van der Waals surface area contributed by atoms with Crippen molar-refractivity contribution in [2.24, 2.45) is 0 Å². The number of nitrogens with one attached hydrogen (secondary N) is 1. The number of likely N-dealkylation sites (tertiary alicyclic amines) is 1. The average molecular weight is 540 g/mol. The Balaban J connectivity index is 1.31. The maximum absolute atomic E-state index is 13.5. The number of benzene rings is 1. The summed E-state index contributed by atoms with van der Waals surface area (Å²) in [5.74, 6) is -0.488. The average Bonchev–Trinajstić information content (AvgIpc) is 3.27. The number of halogens is 1. The van der Waals surface area contributed by atoms with E-state index in [4.69, 9.17) is 16.1 Å². The largest absolute Gasteiger partial charge is 0.478 e. The molecule has 6 rings (SSSR count). The zero-order chi connectivity index (χ0) is 25.7. The first kappa shape index (κ1) is 24.1. The molecule has 1 aliphatic carbocycles. The third-order valence-corrected chi connectivity index (χ3v) is 8.35. The Morgan fingerprint density at radius 3 is 2.65 bits per heavy atom. The van der Waals surface area contributed by atoms with E-state index in [-0.39, 0.29) is 29.9 Å². The van der Waals surface area contributed by atoms with E-state index in [1.807, 2.05) is 19.1 Å². The highest BCUT2D eigenvalue weighted by molar-refractivity contribution is 7.19. The van der Waals surface area contributed by atoms with Crippen LogP contribution in [0.5, 0.6) is 0 Å². The number of aryl methyl sites for hydroxylation is 1. The van der Waals surface area contributed by atoms with Gasteiger partial charge in [-0.25, -0.2) is 9.78 Å². The van der Waals surface area contributed by atoms with Crippen LogP contribution >= 0.6 is 22.9 Å². The summed E-state index contributed by atoms with van der Waals surface area (Å²) in [6.07, 6.45) is 4.37. The fraction of sp³-hybridized carbons (Fsp3) is 0.385. The van der Waals surface area contributed by atoms with Gasteiger partial charge in [0.2, 0.25) is 0 Å². The molecule has 2 fully saturated rings. The summed E-state index contributed by atoms with van der Waals surface area (Å²) in [7, 11) is 0. The van der Waals surface area contributed by atoms with Crippen LogP contribution in [0.1, 0.15) is 57.9 Å². The van der Waals surface area contributed by atoms with Crippen LogP contribution in [0.3, 0.4) is 0 Å². The molecule has 1 aromatic carbocycles. The van der Waals surface area contributed by atoms with Crippen molar-refractivity contribution < 1.29 is 19.2 Å². The van der Waals surface area contributed by atoms with E-state index in [2.05, 4.69) is 20.4 Å². The van der Waals surface area contributed by atoms with Crippen LogP contribution in [0.2, 0.25) is 4.34 Å². The molecule has 0 radical (unpaired) electrons. The molecule has 3 aromatic heterocycles. The molecule has 1 saturated carbocycles. The standard InChI is InChI=1S/C26H26ClN5O4S/c1-14-10-15(26(34)35)11-19-23(14)32(13-17-12-20(36-30-17)21-4-5-22(27)37-21)24(29-19)25(33)28-16-6-8-31(9-7-16)18-2-3-18/h4-5,10-12,16,18H,2-3,6-9,13H2,1H3,(H,28,33)(H,34,35). The molecule has 2 aliphatic rings. The minimum Gasteiger partial charge on any atom is -0.478 e. The summed E-state index contributed by atoms with van der Waals surface area (Å²) >= 11 is 7.46. The van der Waals surface area contributed by atoms with Crippen molar-refractivity contribution >= 4 is 45.8 Å². The summed E-state index contributed by atoms with van der Waals surface area (Å²) in [5.41, 5.74) is 2.62. The van der Waals surface area contributed by atoms with Gasteiger partial charge in [-0.1, -0.05) is 16.8 Å². The molecule has 4 heterocycles. The van der Waals surface area contributed by atoms with Gasteiger partial charge in [0.05, 0.1) is 32.4 Å². The van der Waals surface area contributed by atoms with Gasteiger partial charge in [-0.15, -0.1) is 11.3 Å². The maximum Gasteiger partial charge on any atom is 0.335 e. The molecular weight excluding hydrogens is 514 g/mol. The quantitative estimate of drug-likeness (QED) is 0.346. The smallest absolute Gasteiger partial charge is 0.335 e. The first-order valence-corrected chi connectivity index (χ1v) is 13.6. The Bertz CT molecular complexity index is 1500. The van der Waals surface area contributed by atoms with E-state index < -0.39 is 5.97 Å². The van der Waals surface area contributed by atoms with Gasteiger partial charge < -0.3 is 24.4 Å². The Labute approximate surface area is 222 Å². The number of piperidine rings is 1. The molecule has 11 heteroatoms. The van der Waals surface area contributed by atoms with Gasteiger partial charge in [0.25, 0.3) is 5.91 Å². The van der Waals surface area contributed by atoms with Crippen molar-refractivity contribution in [2.75, 3.05) is 13.1 Å². The van der Waals surface area contributed by atoms with E-state index in [0.29, 0.717) is 32.4 Å². The van der Waals surface area contributed by atoms with Crippen LogP contribution in [0, 0.1) is 6.92 Å². The van der Waals surface area contributed by atoms with Gasteiger partial charge in [0.1, 0.15) is 5.69 Å². The fourth-order valence-corrected chi connectivity index (χ4v) is 6.13. The molecule has 9 nitrogen and oxygen atoms in total. The van der Waals surface area contributed by atoms with Gasteiger partial charge in [0.15, 0.2) is 11.6 Å². The van der Waals surface area contributed by atoms with E-state index in [0.717, 1.165) is 36.9 Å². The molecule has 192 valence electrons. The van der Waals surface area contributed by atoms with Crippen LogP contribution in [0.15, 0.2) is 34.9 Å². The minimum atomic E-state index is -1.04. The Morgan fingerprint density at radius 1 is 1.19 bits per heavy atom. The first-order valence-electron chi connectivity index (χ1n) is 12.4. The third kappa shape index (κ3) is 4.88. The van der Waals surface area contributed by atoms with E-state index >= 15 is 0 Å². The van der Waals surface area contributed by atoms with Gasteiger partial charge in [0, 0.05) is 31.2 Å². The van der Waals surface area contributed by atoms with Crippen molar-refractivity contribution in [1.29, 1.82) is 0 Å². The van der Waals surface area contributed by atoms with Gasteiger partial charge in [-0.3, -0.25) is 4.79 Å². The number of thiophene rings is 1. The van der Waals surface area contributed by atoms with Crippen LogP contribution in [0.4, 0.5) is 0 Å². The number of hydrogen-bond donors (Lipinski definition) is 2. The zero-order valence-corrected chi connectivity index (χ0v) is 21.8. The van der Waals surface area contributed by atoms with Crippen LogP contribution in [-0.2, 0) is 6.54 Å². The second-order valence-corrected chi connectivity index (χ2v) is 11.5. The number of carbonyl (C=O) groups excluding carboxylic acids is 1. The summed E-state index contributed by atoms with van der Waals surface area (Å²) in [6, 6.07) is 9.40. The highest BCUT2D eigenvalue weighted by Gasteiger charge is 2.33. The monoisotopic (exact) mass is 539 g/mol. The minimum absolute atomic E-state index is 0.0775. The number of aromatic carboxylic acids is 1. The molecule has 37 heavy (non-hydrogen) atoms. The van der Waals surface area contributed by atoms with E-state index in [1.54, 1.807) is 16.7 Å². The van der Waals surface area contributed by atoms with Crippen molar-refractivity contribution in [3.8, 4) is 10.6 Å². The number of fused-ring (bicyclic) bond motifs is 1. The summed E-state index contributed by atoms with van der Waals surface area (Å²) in [6.45, 7) is 4.04. The second-order valence-electron chi connectivity index (χ2n) is 9.79. The lowest BCUT2D eigenvalue weighted by Crippen LogP contribution is -2.45. The third-order valence-electron chi connectivity index (χ3n) is 7.11. The summed E-state index contributed by atoms with van der Waals surface area (Å²) < 4.78 is 8.00. The number of nitrogens with zero attached hydrogens (tertiary/aromatic N) is 4. The van der Waals surface area contributed by atoms with Gasteiger partial charge >= 0.3 is 5.97 Å². The topological polar surface area (TPSA) is 113 Å².